The van der Waals surface area contributed by atoms with Crippen LogP contribution >= 0.6 is 46.4 Å². The van der Waals surface area contributed by atoms with Crippen molar-refractivity contribution in [1.82, 2.24) is 20.6 Å². The van der Waals surface area contributed by atoms with E-state index in [0.29, 0.717) is 16.9 Å². The molecule has 0 unspecified atom stereocenters. The van der Waals surface area contributed by atoms with Crippen LogP contribution in [0.1, 0.15) is 28.4 Å². The maximum atomic E-state index is 13.2. The number of hydrogen-bond acceptors (Lipinski definition) is 12. The van der Waals surface area contributed by atoms with Crippen LogP contribution in [-0.4, -0.2) is 60.4 Å². The molecule has 3 aromatic carbocycles. The molecule has 2 aliphatic rings. The predicted octanol–water partition coefficient (Wildman–Crippen LogP) is 7.50. The number of amidine groups is 2. The third-order valence-electron chi connectivity index (χ3n) is 7.89. The molecule has 13 heteroatoms. The van der Waals surface area contributed by atoms with Crippen molar-refractivity contribution in [3.05, 3.63) is 71.3 Å². The first-order valence-electron chi connectivity index (χ1n) is 14.7. The van der Waals surface area contributed by atoms with Gasteiger partial charge in [-0.05, 0) is 61.5 Å². The Labute approximate surface area is 280 Å². The topological polar surface area (TPSA) is 114 Å². The van der Waals surface area contributed by atoms with Crippen molar-refractivity contribution in [2.24, 2.45) is 9.98 Å². The maximum absolute atomic E-state index is 13.2. The SMILES string of the molecule is CCOC(=O)c1cc2oc(-c3nc4ccc(C5=NCCN5)cc4s3)cc2c2cc(-c3nc4ccc(C5=NCCN5)cc4s3)sc12.Cl. The minimum Gasteiger partial charge on any atom is -0.462 e. The molecule has 46 heavy (non-hydrogen) atoms. The van der Waals surface area contributed by atoms with Crippen LogP contribution in [0.25, 0.3) is 62.1 Å². The van der Waals surface area contributed by atoms with Crippen LogP contribution in [0.4, 0.5) is 0 Å². The number of aromatic nitrogens is 2. The van der Waals surface area contributed by atoms with Crippen LogP contribution in [0.2, 0.25) is 0 Å². The van der Waals surface area contributed by atoms with E-state index in [4.69, 9.17) is 19.1 Å². The van der Waals surface area contributed by atoms with Gasteiger partial charge in [0.15, 0.2) is 10.8 Å². The molecule has 230 valence electrons. The molecule has 0 spiro atoms. The van der Waals surface area contributed by atoms with Crippen molar-refractivity contribution in [1.29, 1.82) is 0 Å². The summed E-state index contributed by atoms with van der Waals surface area (Å²) in [6.07, 6.45) is 0. The molecule has 9 nitrogen and oxygen atoms in total. The lowest BCUT2D eigenvalue weighted by Crippen LogP contribution is -2.19. The van der Waals surface area contributed by atoms with Gasteiger partial charge in [0.05, 0.1) is 55.3 Å². The van der Waals surface area contributed by atoms with Gasteiger partial charge in [0.2, 0.25) is 0 Å². The van der Waals surface area contributed by atoms with Gasteiger partial charge in [-0.1, -0.05) is 0 Å². The number of fused-ring (bicyclic) bond motifs is 5. The van der Waals surface area contributed by atoms with E-state index in [1.807, 2.05) is 31.2 Å². The van der Waals surface area contributed by atoms with Crippen molar-refractivity contribution in [2.45, 2.75) is 6.92 Å². The van der Waals surface area contributed by atoms with E-state index in [0.717, 1.165) is 99.8 Å². The summed E-state index contributed by atoms with van der Waals surface area (Å²) in [4.78, 5) is 33.1. The van der Waals surface area contributed by atoms with Crippen molar-refractivity contribution in [3.63, 3.8) is 0 Å². The van der Waals surface area contributed by atoms with E-state index in [9.17, 15) is 4.79 Å². The smallest absolute Gasteiger partial charge is 0.339 e. The van der Waals surface area contributed by atoms with Crippen LogP contribution in [0.15, 0.2) is 69.0 Å². The second-order valence-corrected chi connectivity index (χ2v) is 13.9. The summed E-state index contributed by atoms with van der Waals surface area (Å²) in [5.41, 5.74) is 5.08. The quantitative estimate of drug-likeness (QED) is 0.174. The van der Waals surface area contributed by atoms with E-state index in [-0.39, 0.29) is 25.0 Å². The van der Waals surface area contributed by atoms with Crippen molar-refractivity contribution < 1.29 is 13.9 Å². The standard InChI is InChI=1S/C33H24N6O3S3.ClH/c1-2-41-33(40)20-14-23-18(13-24(42-23)31-38-21-5-3-16(11-25(21)44-31)29-34-7-8-35-29)19-15-27(43-28(19)20)32-39-22-6-4-17(12-26(22)45-32)30-36-9-10-37-30;/h3-6,11-15H,2,7-10H2,1H3,(H,34,35)(H,36,37);1H. The number of halogens is 1. The number of nitrogens with one attached hydrogen (secondary N) is 2. The van der Waals surface area contributed by atoms with Gasteiger partial charge in [0.1, 0.15) is 22.3 Å². The Bertz CT molecular complexity index is 2400. The molecule has 9 rings (SSSR count). The zero-order valence-corrected chi connectivity index (χ0v) is 27.6. The Hall–Kier alpha value is -4.36. The number of nitrogens with zero attached hydrogens (tertiary/aromatic N) is 4. The van der Waals surface area contributed by atoms with Crippen LogP contribution in [0, 0.1) is 0 Å². The van der Waals surface area contributed by atoms with E-state index < -0.39 is 0 Å². The molecule has 4 aromatic heterocycles. The summed E-state index contributed by atoms with van der Waals surface area (Å²) < 4.78 is 14.9. The molecule has 0 aliphatic carbocycles. The van der Waals surface area contributed by atoms with Gasteiger partial charge < -0.3 is 19.8 Å². The average molecular weight is 685 g/mol. The van der Waals surface area contributed by atoms with Crippen LogP contribution in [0.3, 0.4) is 0 Å². The number of carbonyl (C=O) groups excluding carboxylic acids is 1. The average Bonchev–Trinajstić information content (AvgIpc) is 3.90. The van der Waals surface area contributed by atoms with Gasteiger partial charge in [-0.2, -0.15) is 0 Å². The van der Waals surface area contributed by atoms with Gasteiger partial charge in [-0.3, -0.25) is 9.98 Å². The largest absolute Gasteiger partial charge is 0.462 e. The van der Waals surface area contributed by atoms with Crippen LogP contribution in [0.5, 0.6) is 0 Å². The van der Waals surface area contributed by atoms with Crippen LogP contribution < -0.4 is 10.6 Å². The summed E-state index contributed by atoms with van der Waals surface area (Å²) in [7, 11) is 0. The second kappa shape index (κ2) is 11.5. The number of thiophene rings is 1. The van der Waals surface area contributed by atoms with Gasteiger partial charge in [-0.15, -0.1) is 46.4 Å². The van der Waals surface area contributed by atoms with Gasteiger partial charge in [0.25, 0.3) is 0 Å². The van der Waals surface area contributed by atoms with Crippen LogP contribution in [-0.2, 0) is 4.74 Å². The minimum absolute atomic E-state index is 0. The third-order valence-corrected chi connectivity index (χ3v) is 11.3. The molecule has 0 radical (unpaired) electrons. The fourth-order valence-corrected chi connectivity index (χ4v) is 9.00. The van der Waals surface area contributed by atoms with E-state index >= 15 is 0 Å². The van der Waals surface area contributed by atoms with Gasteiger partial charge >= 0.3 is 5.97 Å². The summed E-state index contributed by atoms with van der Waals surface area (Å²) >= 11 is 4.77. The molecule has 0 saturated heterocycles. The highest BCUT2D eigenvalue weighted by Crippen LogP contribution is 2.44. The molecular weight excluding hydrogens is 660 g/mol. The molecule has 2 aliphatic heterocycles. The molecular formula is C33H25ClN6O3S3. The summed E-state index contributed by atoms with van der Waals surface area (Å²) in [5, 5.41) is 10.2. The Morgan fingerprint density at radius 2 is 1.48 bits per heavy atom. The Kier molecular flexibility index (Phi) is 7.24. The van der Waals surface area contributed by atoms with E-state index in [1.165, 1.54) is 0 Å². The molecule has 7 aromatic rings. The number of aliphatic imine (C=N–C) groups is 2. The second-order valence-electron chi connectivity index (χ2n) is 10.7. The molecule has 6 heterocycles. The highest BCUT2D eigenvalue weighted by molar-refractivity contribution is 7.28. The number of ether oxygens (including phenoxy) is 1. The predicted molar refractivity (Wildman–Crippen MR) is 191 cm³/mol. The number of furan rings is 1. The first-order chi connectivity index (χ1) is 22.1. The van der Waals surface area contributed by atoms with Crippen molar-refractivity contribution >= 4 is 106 Å². The fraction of sp³-hybridized carbons (Fsp3) is 0.182. The zero-order chi connectivity index (χ0) is 30.1. The number of carbonyl (C=O) groups is 1. The lowest BCUT2D eigenvalue weighted by molar-refractivity contribution is 0.0529. The van der Waals surface area contributed by atoms with E-state index in [2.05, 4.69) is 44.9 Å². The Morgan fingerprint density at radius 1 is 0.826 bits per heavy atom. The first-order valence-corrected chi connectivity index (χ1v) is 17.1. The highest BCUT2D eigenvalue weighted by Gasteiger charge is 2.23. The number of esters is 1. The monoisotopic (exact) mass is 684 g/mol. The summed E-state index contributed by atoms with van der Waals surface area (Å²) in [6, 6.07) is 18.4. The van der Waals surface area contributed by atoms with E-state index in [1.54, 1.807) is 40.1 Å². The Balaban J connectivity index is 0.00000312. The first kappa shape index (κ1) is 29.1. The molecule has 0 fully saturated rings. The third kappa shape index (κ3) is 4.83. The van der Waals surface area contributed by atoms with Gasteiger partial charge in [-0.25, -0.2) is 14.8 Å². The molecule has 0 saturated carbocycles. The van der Waals surface area contributed by atoms with Crippen molar-refractivity contribution in [3.8, 4) is 20.7 Å². The fourth-order valence-electron chi connectivity index (χ4n) is 5.82. The normalized spacial score (nSPS) is 14.5. The maximum Gasteiger partial charge on any atom is 0.339 e. The molecule has 0 atom stereocenters. The number of hydrogen-bond donors (Lipinski definition) is 2. The summed E-state index contributed by atoms with van der Waals surface area (Å²) in [6.45, 7) is 5.42. The molecule has 0 bridgehead atoms. The molecule has 2 N–H and O–H groups in total. The van der Waals surface area contributed by atoms with Crippen molar-refractivity contribution in [2.75, 3.05) is 32.8 Å². The zero-order valence-electron chi connectivity index (χ0n) is 24.4. The summed E-state index contributed by atoms with van der Waals surface area (Å²) in [5.74, 6) is 2.15. The lowest BCUT2D eigenvalue weighted by Gasteiger charge is -2.03. The highest BCUT2D eigenvalue weighted by atomic mass is 35.5. The Morgan fingerprint density at radius 3 is 2.11 bits per heavy atom. The minimum atomic E-state index is -0.370. The van der Waals surface area contributed by atoms with Gasteiger partial charge in [0, 0.05) is 35.0 Å². The molecule has 0 amide bonds. The number of rotatable bonds is 6. The number of thiazole rings is 2. The number of benzene rings is 3. The lowest BCUT2D eigenvalue weighted by atomic mass is 10.1.